The Balaban J connectivity index is 1.67. The van der Waals surface area contributed by atoms with Gasteiger partial charge in [0.1, 0.15) is 13.1 Å². The van der Waals surface area contributed by atoms with Crippen molar-refractivity contribution in [3.63, 3.8) is 0 Å². The Labute approximate surface area is 170 Å². The molecule has 0 saturated carbocycles. The fraction of sp³-hybridized carbons (Fsp3) is 0.250. The van der Waals surface area contributed by atoms with Crippen molar-refractivity contribution in [1.82, 2.24) is 9.56 Å². The van der Waals surface area contributed by atoms with Gasteiger partial charge in [-0.1, -0.05) is 29.8 Å². The highest BCUT2D eigenvalue weighted by atomic mass is 32.1. The normalized spacial score (nSPS) is 11.1. The highest BCUT2D eigenvalue weighted by molar-refractivity contribution is 7.21. The van der Waals surface area contributed by atoms with E-state index in [1.165, 1.54) is 26.1 Å². The van der Waals surface area contributed by atoms with E-state index in [9.17, 15) is 0 Å². The van der Waals surface area contributed by atoms with Crippen molar-refractivity contribution in [2.75, 3.05) is 18.4 Å². The Hall–Kier alpha value is -2.72. The highest BCUT2D eigenvalue weighted by Crippen LogP contribution is 2.31. The van der Waals surface area contributed by atoms with Gasteiger partial charge in [-0.25, -0.2) is 9.56 Å². The minimum atomic E-state index is 0.823. The summed E-state index contributed by atoms with van der Waals surface area (Å²) in [4.78, 5) is 6.09. The summed E-state index contributed by atoms with van der Waals surface area (Å²) < 4.78 is 3.58. The quantitative estimate of drug-likeness (QED) is 0.379. The molecule has 3 nitrogen and oxygen atoms in total. The number of nitrogens with one attached hydrogen (secondary N) is 1. The van der Waals surface area contributed by atoms with Crippen molar-refractivity contribution in [3.05, 3.63) is 77.1 Å². The number of aryl methyl sites for hydroxylation is 1. The van der Waals surface area contributed by atoms with Gasteiger partial charge in [-0.05, 0) is 50.6 Å². The maximum absolute atomic E-state index is 4.86. The van der Waals surface area contributed by atoms with E-state index in [1.54, 1.807) is 0 Å². The number of nitrogens with zero attached hydrogens (tertiary/aromatic N) is 2. The Morgan fingerprint density at radius 3 is 2.46 bits per heavy atom. The van der Waals surface area contributed by atoms with E-state index in [0.29, 0.717) is 0 Å². The summed E-state index contributed by atoms with van der Waals surface area (Å²) >= 11 is 1.81. The van der Waals surface area contributed by atoms with Crippen LogP contribution in [0.25, 0.3) is 20.8 Å². The first-order valence-electron chi connectivity index (χ1n) is 9.88. The molecule has 0 saturated heterocycles. The van der Waals surface area contributed by atoms with Crippen molar-refractivity contribution >= 4 is 27.2 Å². The average molecular weight is 389 g/mol. The first-order valence-corrected chi connectivity index (χ1v) is 10.7. The summed E-state index contributed by atoms with van der Waals surface area (Å²) in [6.45, 7) is 9.36. The predicted molar refractivity (Wildman–Crippen MR) is 121 cm³/mol. The molecular weight excluding hydrogens is 362 g/mol. The van der Waals surface area contributed by atoms with Crippen LogP contribution in [0.15, 0.2) is 60.7 Å². The van der Waals surface area contributed by atoms with Gasteiger partial charge in [0.2, 0.25) is 5.36 Å². The maximum atomic E-state index is 4.86. The fourth-order valence-electron chi connectivity index (χ4n) is 3.42. The van der Waals surface area contributed by atoms with Gasteiger partial charge in [-0.15, -0.1) is 11.3 Å². The summed E-state index contributed by atoms with van der Waals surface area (Å²) in [5.41, 5.74) is 5.82. The van der Waals surface area contributed by atoms with E-state index in [1.807, 2.05) is 11.3 Å². The van der Waals surface area contributed by atoms with Crippen molar-refractivity contribution in [2.24, 2.45) is 0 Å². The molecule has 28 heavy (non-hydrogen) atoms. The molecular formula is C24H26N3S+. The third-order valence-corrected chi connectivity index (χ3v) is 6.20. The van der Waals surface area contributed by atoms with Crippen LogP contribution in [0.3, 0.4) is 0 Å². The summed E-state index contributed by atoms with van der Waals surface area (Å²) in [5.74, 6) is 0. The standard InChI is InChI=1S/C24H25N3S/c1-4-27(5-2)20-11-13-22-24(15-20)28-23-14-19(10-12-21(23)26-22)25-16-18-8-6-17(3)7-9-18/h6-15H,4-5,16H2,1-3H3/p+1. The average Bonchev–Trinajstić information content (AvgIpc) is 2.72. The second kappa shape index (κ2) is 8.11. The Morgan fingerprint density at radius 2 is 1.71 bits per heavy atom. The number of benzene rings is 3. The molecule has 0 bridgehead atoms. The molecule has 0 aromatic heterocycles. The molecule has 4 heteroatoms. The molecule has 0 amide bonds. The van der Waals surface area contributed by atoms with E-state index in [2.05, 4.69) is 91.3 Å². The topological polar surface area (TPSA) is 27.9 Å². The predicted octanol–water partition coefficient (Wildman–Crippen LogP) is 5.13. The third kappa shape index (κ3) is 3.92. The smallest absolute Gasteiger partial charge is 0.201 e. The molecule has 1 N–H and O–H groups in total. The van der Waals surface area contributed by atoms with Gasteiger partial charge in [0.25, 0.3) is 0 Å². The van der Waals surface area contributed by atoms with Gasteiger partial charge >= 0.3 is 0 Å². The molecule has 0 radical (unpaired) electrons. The van der Waals surface area contributed by atoms with Gasteiger partial charge in [0, 0.05) is 24.4 Å². The Kier molecular flexibility index (Phi) is 5.40. The monoisotopic (exact) mass is 388 g/mol. The lowest BCUT2D eigenvalue weighted by atomic mass is 10.1. The zero-order chi connectivity index (χ0) is 19.5. The molecule has 2 aromatic carbocycles. The van der Waals surface area contributed by atoms with E-state index >= 15 is 0 Å². The molecule has 1 aliphatic heterocycles. The summed E-state index contributed by atoms with van der Waals surface area (Å²) in [6.07, 6.45) is 0. The van der Waals surface area contributed by atoms with E-state index < -0.39 is 0 Å². The number of anilines is 1. The lowest BCUT2D eigenvalue weighted by Gasteiger charge is -2.10. The molecule has 2 aromatic rings. The largest absolute Gasteiger partial charge is 0.381 e. The van der Waals surface area contributed by atoms with Gasteiger partial charge in [0.05, 0.1) is 20.8 Å². The van der Waals surface area contributed by atoms with E-state index in [-0.39, 0.29) is 0 Å². The van der Waals surface area contributed by atoms with Crippen molar-refractivity contribution in [3.8, 4) is 10.6 Å². The second-order valence-electron chi connectivity index (χ2n) is 7.06. The number of aromatic nitrogens is 1. The molecule has 0 unspecified atom stereocenters. The lowest BCUT2D eigenvalue weighted by molar-refractivity contribution is 0.626. The van der Waals surface area contributed by atoms with Crippen molar-refractivity contribution in [1.29, 1.82) is 0 Å². The minimum Gasteiger partial charge on any atom is -0.381 e. The summed E-state index contributed by atoms with van der Waals surface area (Å²) in [7, 11) is 0. The molecule has 1 aliphatic carbocycles. The van der Waals surface area contributed by atoms with Crippen LogP contribution in [0.4, 0.5) is 5.69 Å². The summed E-state index contributed by atoms with van der Waals surface area (Å²) in [6, 6.07) is 21.7. The first kappa shape index (κ1) is 18.6. The van der Waals surface area contributed by atoms with Crippen LogP contribution in [0.5, 0.6) is 0 Å². The minimum absolute atomic E-state index is 0.823. The molecule has 142 valence electrons. The lowest BCUT2D eigenvalue weighted by Crippen LogP contribution is -2.29. The van der Waals surface area contributed by atoms with Crippen LogP contribution in [0, 0.1) is 6.92 Å². The number of hydrogen-bond donors (Lipinski definition) is 1. The van der Waals surface area contributed by atoms with E-state index in [0.717, 1.165) is 36.5 Å². The number of fused-ring (bicyclic) bond motifs is 2. The SMILES string of the molecule is CC[N+](CC)=c1ccc2nc3ccc(NCc4ccc(C)cc4)cc3sc-2c1. The molecule has 0 spiro atoms. The van der Waals surface area contributed by atoms with Crippen LogP contribution in [0.2, 0.25) is 0 Å². The van der Waals surface area contributed by atoms with Crippen molar-refractivity contribution in [2.45, 2.75) is 27.3 Å². The molecule has 0 fully saturated rings. The van der Waals surface area contributed by atoms with Gasteiger partial charge < -0.3 is 5.32 Å². The van der Waals surface area contributed by atoms with Gasteiger partial charge in [0.15, 0.2) is 0 Å². The highest BCUT2D eigenvalue weighted by Gasteiger charge is 2.10. The second-order valence-corrected chi connectivity index (χ2v) is 8.14. The van der Waals surface area contributed by atoms with Crippen LogP contribution < -0.4 is 15.2 Å². The Morgan fingerprint density at radius 1 is 0.929 bits per heavy atom. The first-order chi connectivity index (χ1) is 13.7. The van der Waals surface area contributed by atoms with E-state index in [4.69, 9.17) is 4.98 Å². The number of hydrogen-bond acceptors (Lipinski definition) is 3. The molecule has 0 atom stereocenters. The van der Waals surface area contributed by atoms with Crippen LogP contribution in [-0.2, 0) is 6.54 Å². The van der Waals surface area contributed by atoms with Gasteiger partial charge in [-0.2, -0.15) is 0 Å². The van der Waals surface area contributed by atoms with Crippen LogP contribution >= 0.6 is 11.3 Å². The maximum Gasteiger partial charge on any atom is 0.201 e. The third-order valence-electron chi connectivity index (χ3n) is 5.11. The molecule has 2 aliphatic rings. The summed E-state index contributed by atoms with van der Waals surface area (Å²) in [5, 5.41) is 4.81. The van der Waals surface area contributed by atoms with Crippen LogP contribution in [-0.4, -0.2) is 18.1 Å². The van der Waals surface area contributed by atoms with Gasteiger partial charge in [-0.3, -0.25) is 0 Å². The zero-order valence-corrected chi connectivity index (χ0v) is 17.5. The van der Waals surface area contributed by atoms with Crippen LogP contribution in [0.1, 0.15) is 25.0 Å². The number of rotatable bonds is 5. The zero-order valence-electron chi connectivity index (χ0n) is 16.7. The fourth-order valence-corrected chi connectivity index (χ4v) is 4.46. The molecule has 1 heterocycles. The van der Waals surface area contributed by atoms with Crippen molar-refractivity contribution < 1.29 is 0 Å². The Bertz CT molecular complexity index is 1140. The molecule has 4 rings (SSSR count).